The zero-order valence-corrected chi connectivity index (χ0v) is 11.9. The highest BCUT2D eigenvalue weighted by atomic mass is 32.1. The number of hydrogen-bond donors (Lipinski definition) is 2. The van der Waals surface area contributed by atoms with Gasteiger partial charge in [-0.25, -0.2) is 4.98 Å². The Morgan fingerprint density at radius 1 is 1.35 bits per heavy atom. The van der Waals surface area contributed by atoms with Crippen molar-refractivity contribution in [3.63, 3.8) is 0 Å². The molecule has 0 atom stereocenters. The van der Waals surface area contributed by atoms with Gasteiger partial charge >= 0.3 is 5.69 Å². The molecule has 0 unspecified atom stereocenters. The van der Waals surface area contributed by atoms with Crippen molar-refractivity contribution in [1.29, 1.82) is 0 Å². The number of anilines is 2. The molecular formula is C13H16N4O2S. The molecule has 106 valence electrons. The summed E-state index contributed by atoms with van der Waals surface area (Å²) in [5, 5.41) is 20.2. The maximum Gasteiger partial charge on any atom is 0.315 e. The standard InChI is InChI=1S/C13H16N4O2S/c1-2-6-14-10-4-3-5-11(13(10)17(18)19)16-9-12-15-7-8-20-12/h3-5,7-8,14,16H,2,6,9H2,1H3. The summed E-state index contributed by atoms with van der Waals surface area (Å²) in [5.41, 5.74) is 1.13. The van der Waals surface area contributed by atoms with Gasteiger partial charge in [-0.05, 0) is 18.6 Å². The van der Waals surface area contributed by atoms with Gasteiger partial charge in [-0.3, -0.25) is 10.1 Å². The third kappa shape index (κ3) is 3.45. The van der Waals surface area contributed by atoms with Crippen molar-refractivity contribution in [3.8, 4) is 0 Å². The molecular weight excluding hydrogens is 276 g/mol. The summed E-state index contributed by atoms with van der Waals surface area (Å²) in [5.74, 6) is 0. The number of nitro groups is 1. The van der Waals surface area contributed by atoms with Crippen LogP contribution in [0.5, 0.6) is 0 Å². The summed E-state index contributed by atoms with van der Waals surface area (Å²) in [6.45, 7) is 3.20. The monoisotopic (exact) mass is 292 g/mol. The van der Waals surface area contributed by atoms with Gasteiger partial charge in [0, 0.05) is 18.1 Å². The van der Waals surface area contributed by atoms with Gasteiger partial charge in [-0.2, -0.15) is 0 Å². The molecule has 0 spiro atoms. The van der Waals surface area contributed by atoms with E-state index in [1.165, 1.54) is 11.3 Å². The van der Waals surface area contributed by atoms with E-state index in [4.69, 9.17) is 0 Å². The molecule has 0 radical (unpaired) electrons. The van der Waals surface area contributed by atoms with E-state index in [-0.39, 0.29) is 10.6 Å². The first-order valence-electron chi connectivity index (χ1n) is 6.36. The Morgan fingerprint density at radius 2 is 2.10 bits per heavy atom. The third-order valence-electron chi connectivity index (χ3n) is 2.70. The van der Waals surface area contributed by atoms with Crippen molar-refractivity contribution in [1.82, 2.24) is 4.98 Å². The Kier molecular flexibility index (Phi) is 4.89. The molecule has 7 heteroatoms. The Morgan fingerprint density at radius 3 is 2.70 bits per heavy atom. The van der Waals surface area contributed by atoms with Crippen LogP contribution in [0.25, 0.3) is 0 Å². The number of nitrogens with one attached hydrogen (secondary N) is 2. The van der Waals surface area contributed by atoms with Crippen LogP contribution < -0.4 is 10.6 Å². The number of nitro benzene ring substituents is 1. The highest BCUT2D eigenvalue weighted by Gasteiger charge is 2.19. The third-order valence-corrected chi connectivity index (χ3v) is 3.48. The van der Waals surface area contributed by atoms with Crippen molar-refractivity contribution >= 4 is 28.4 Å². The highest BCUT2D eigenvalue weighted by Crippen LogP contribution is 2.33. The second-order valence-corrected chi connectivity index (χ2v) is 5.14. The maximum atomic E-state index is 11.3. The Hall–Kier alpha value is -2.15. The number of nitrogens with zero attached hydrogens (tertiary/aromatic N) is 2. The molecule has 0 saturated heterocycles. The number of aromatic nitrogens is 1. The summed E-state index contributed by atoms with van der Waals surface area (Å²) in [4.78, 5) is 15.1. The van der Waals surface area contributed by atoms with Crippen molar-refractivity contribution in [2.45, 2.75) is 19.9 Å². The van der Waals surface area contributed by atoms with Crippen molar-refractivity contribution in [3.05, 3.63) is 44.9 Å². The van der Waals surface area contributed by atoms with Gasteiger partial charge in [0.1, 0.15) is 16.4 Å². The molecule has 6 nitrogen and oxygen atoms in total. The average molecular weight is 292 g/mol. The predicted molar refractivity (Wildman–Crippen MR) is 81.3 cm³/mol. The fourth-order valence-electron chi connectivity index (χ4n) is 1.80. The molecule has 1 aromatic carbocycles. The zero-order valence-electron chi connectivity index (χ0n) is 11.1. The minimum Gasteiger partial charge on any atom is -0.379 e. The van der Waals surface area contributed by atoms with Crippen LogP contribution in [0.1, 0.15) is 18.4 Å². The molecule has 0 amide bonds. The molecule has 1 heterocycles. The summed E-state index contributed by atoms with van der Waals surface area (Å²) >= 11 is 1.52. The molecule has 0 aliphatic heterocycles. The van der Waals surface area contributed by atoms with Gasteiger partial charge in [0.15, 0.2) is 0 Å². The Bertz CT molecular complexity index is 572. The van der Waals surface area contributed by atoms with E-state index in [1.54, 1.807) is 24.4 Å². The largest absolute Gasteiger partial charge is 0.379 e. The predicted octanol–water partition coefficient (Wildman–Crippen LogP) is 3.49. The minimum absolute atomic E-state index is 0.0810. The molecule has 20 heavy (non-hydrogen) atoms. The van der Waals surface area contributed by atoms with E-state index in [0.717, 1.165) is 11.4 Å². The smallest absolute Gasteiger partial charge is 0.315 e. The molecule has 2 rings (SSSR count). The number of hydrogen-bond acceptors (Lipinski definition) is 6. The zero-order chi connectivity index (χ0) is 14.4. The van der Waals surface area contributed by atoms with Gasteiger partial charge in [0.25, 0.3) is 0 Å². The highest BCUT2D eigenvalue weighted by molar-refractivity contribution is 7.09. The number of benzene rings is 1. The lowest BCUT2D eigenvalue weighted by Crippen LogP contribution is -2.07. The maximum absolute atomic E-state index is 11.3. The van der Waals surface area contributed by atoms with Crippen molar-refractivity contribution in [2.75, 3.05) is 17.2 Å². The van der Waals surface area contributed by atoms with E-state index >= 15 is 0 Å². The van der Waals surface area contributed by atoms with E-state index in [1.807, 2.05) is 12.3 Å². The molecule has 0 bridgehead atoms. The second-order valence-electron chi connectivity index (χ2n) is 4.17. The first-order valence-corrected chi connectivity index (χ1v) is 7.24. The number of rotatable bonds is 7. The summed E-state index contributed by atoms with van der Waals surface area (Å²) in [6, 6.07) is 5.24. The fourth-order valence-corrected chi connectivity index (χ4v) is 2.35. The van der Waals surface area contributed by atoms with Crippen LogP contribution in [0.3, 0.4) is 0 Å². The van der Waals surface area contributed by atoms with E-state index in [2.05, 4.69) is 15.6 Å². The number of para-hydroxylation sites is 1. The van der Waals surface area contributed by atoms with Gasteiger partial charge in [-0.15, -0.1) is 11.3 Å². The lowest BCUT2D eigenvalue weighted by molar-refractivity contribution is -0.383. The number of thiazole rings is 1. The van der Waals surface area contributed by atoms with Gasteiger partial charge in [0.05, 0.1) is 11.5 Å². The van der Waals surface area contributed by atoms with E-state index < -0.39 is 0 Å². The van der Waals surface area contributed by atoms with E-state index in [9.17, 15) is 10.1 Å². The van der Waals surface area contributed by atoms with Crippen LogP contribution in [0.4, 0.5) is 17.1 Å². The van der Waals surface area contributed by atoms with Gasteiger partial charge in [-0.1, -0.05) is 13.0 Å². The lowest BCUT2D eigenvalue weighted by atomic mass is 10.2. The van der Waals surface area contributed by atoms with Gasteiger partial charge < -0.3 is 10.6 Å². The fraction of sp³-hybridized carbons (Fsp3) is 0.308. The van der Waals surface area contributed by atoms with E-state index in [0.29, 0.717) is 24.5 Å². The second kappa shape index (κ2) is 6.85. The molecule has 0 aliphatic rings. The van der Waals surface area contributed by atoms with Gasteiger partial charge in [0.2, 0.25) is 0 Å². The molecule has 2 N–H and O–H groups in total. The SMILES string of the molecule is CCCNc1cccc(NCc2nccs2)c1[N+](=O)[O-]. The molecule has 2 aromatic rings. The van der Waals surface area contributed by atoms with Crippen LogP contribution >= 0.6 is 11.3 Å². The lowest BCUT2D eigenvalue weighted by Gasteiger charge is -2.10. The molecule has 1 aromatic heterocycles. The Labute approximate surface area is 121 Å². The summed E-state index contributed by atoms with van der Waals surface area (Å²) in [7, 11) is 0. The van der Waals surface area contributed by atoms with Crippen LogP contribution in [0.2, 0.25) is 0 Å². The normalized spacial score (nSPS) is 10.2. The summed E-state index contributed by atoms with van der Waals surface area (Å²) in [6.07, 6.45) is 2.63. The topological polar surface area (TPSA) is 80.1 Å². The Balaban J connectivity index is 2.20. The van der Waals surface area contributed by atoms with Crippen LogP contribution in [0, 0.1) is 10.1 Å². The minimum atomic E-state index is -0.359. The summed E-state index contributed by atoms with van der Waals surface area (Å²) < 4.78 is 0. The van der Waals surface area contributed by atoms with Crippen molar-refractivity contribution in [2.24, 2.45) is 0 Å². The first-order chi connectivity index (χ1) is 9.72. The molecule has 0 saturated carbocycles. The molecule has 0 aliphatic carbocycles. The van der Waals surface area contributed by atoms with Crippen LogP contribution in [0.15, 0.2) is 29.8 Å². The van der Waals surface area contributed by atoms with Crippen LogP contribution in [-0.4, -0.2) is 16.5 Å². The van der Waals surface area contributed by atoms with Crippen LogP contribution in [-0.2, 0) is 6.54 Å². The quantitative estimate of drug-likeness (QED) is 0.603. The van der Waals surface area contributed by atoms with Crippen molar-refractivity contribution < 1.29 is 4.92 Å². The first kappa shape index (κ1) is 14.3. The average Bonchev–Trinajstić information content (AvgIpc) is 2.95. The molecule has 0 fully saturated rings.